The molecule has 2 aliphatic heterocycles. The van der Waals surface area contributed by atoms with Crippen LogP contribution in [0.4, 0.5) is 0 Å². The highest BCUT2D eigenvalue weighted by Crippen LogP contribution is 2.28. The summed E-state index contributed by atoms with van der Waals surface area (Å²) in [6.45, 7) is 2.67. The number of nitrogens with zero attached hydrogens (tertiary/aromatic N) is 1. The van der Waals surface area contributed by atoms with Crippen LogP contribution in [0.5, 0.6) is 0 Å². The first-order valence-corrected chi connectivity index (χ1v) is 10.00. The molecule has 4 rings (SSSR count). The monoisotopic (exact) mass is 405 g/mol. The molecular weight excluding hydrogens is 382 g/mol. The van der Waals surface area contributed by atoms with E-state index in [0.717, 1.165) is 22.3 Å². The number of amides is 4. The predicted octanol–water partition coefficient (Wildman–Crippen LogP) is 1.61. The minimum atomic E-state index is -0.625. The molecule has 0 spiro atoms. The third kappa shape index (κ3) is 3.96. The van der Waals surface area contributed by atoms with Gasteiger partial charge in [0.25, 0.3) is 5.91 Å². The predicted molar refractivity (Wildman–Crippen MR) is 109 cm³/mol. The third-order valence-corrected chi connectivity index (χ3v) is 5.69. The summed E-state index contributed by atoms with van der Waals surface area (Å²) in [6.07, 6.45) is 0.889. The van der Waals surface area contributed by atoms with E-state index in [-0.39, 0.29) is 24.1 Å². The van der Waals surface area contributed by atoms with E-state index in [1.165, 1.54) is 4.90 Å². The van der Waals surface area contributed by atoms with Crippen molar-refractivity contribution in [3.8, 4) is 0 Å². The highest BCUT2D eigenvalue weighted by atomic mass is 16.2. The van der Waals surface area contributed by atoms with Crippen LogP contribution in [0.3, 0.4) is 0 Å². The van der Waals surface area contributed by atoms with Crippen LogP contribution in [-0.4, -0.2) is 34.6 Å². The summed E-state index contributed by atoms with van der Waals surface area (Å²) >= 11 is 0. The second-order valence-electron chi connectivity index (χ2n) is 7.77. The molecule has 2 N–H and O–H groups in total. The Morgan fingerprint density at radius 3 is 2.73 bits per heavy atom. The van der Waals surface area contributed by atoms with Crippen molar-refractivity contribution in [2.45, 2.75) is 45.3 Å². The SMILES string of the molecule is Cc1ccccc1CC(=O)NCc1ccc2c(c1)CN(C1CCC(=O)NC1=O)C2=O. The number of hydrogen-bond acceptors (Lipinski definition) is 4. The number of hydrogen-bond donors (Lipinski definition) is 2. The van der Waals surface area contributed by atoms with Gasteiger partial charge in [0, 0.05) is 25.1 Å². The van der Waals surface area contributed by atoms with E-state index in [1.807, 2.05) is 43.3 Å². The molecule has 1 unspecified atom stereocenters. The van der Waals surface area contributed by atoms with Crippen molar-refractivity contribution in [2.75, 3.05) is 0 Å². The Morgan fingerprint density at radius 2 is 1.97 bits per heavy atom. The number of piperidine rings is 1. The largest absolute Gasteiger partial charge is 0.352 e. The molecule has 154 valence electrons. The van der Waals surface area contributed by atoms with Crippen LogP contribution in [0.2, 0.25) is 0 Å². The van der Waals surface area contributed by atoms with Gasteiger partial charge in [-0.05, 0) is 41.7 Å². The van der Waals surface area contributed by atoms with Crippen LogP contribution in [0.1, 0.15) is 45.5 Å². The first-order chi connectivity index (χ1) is 14.4. The molecule has 1 saturated heterocycles. The van der Waals surface area contributed by atoms with Crippen LogP contribution in [-0.2, 0) is 33.9 Å². The van der Waals surface area contributed by atoms with Gasteiger partial charge in [-0.1, -0.05) is 36.4 Å². The number of fused-ring (bicyclic) bond motifs is 1. The van der Waals surface area contributed by atoms with Gasteiger partial charge < -0.3 is 10.2 Å². The van der Waals surface area contributed by atoms with Crippen LogP contribution >= 0.6 is 0 Å². The smallest absolute Gasteiger partial charge is 0.255 e. The molecule has 0 saturated carbocycles. The second-order valence-corrected chi connectivity index (χ2v) is 7.77. The normalized spacial score (nSPS) is 18.2. The van der Waals surface area contributed by atoms with Crippen molar-refractivity contribution in [1.82, 2.24) is 15.5 Å². The third-order valence-electron chi connectivity index (χ3n) is 5.69. The summed E-state index contributed by atoms with van der Waals surface area (Å²) in [4.78, 5) is 50.0. The molecule has 0 aliphatic carbocycles. The van der Waals surface area contributed by atoms with E-state index in [2.05, 4.69) is 10.6 Å². The van der Waals surface area contributed by atoms with Crippen molar-refractivity contribution < 1.29 is 19.2 Å². The van der Waals surface area contributed by atoms with Crippen molar-refractivity contribution in [1.29, 1.82) is 0 Å². The maximum atomic E-state index is 12.7. The van der Waals surface area contributed by atoms with Crippen molar-refractivity contribution >= 4 is 23.6 Å². The lowest BCUT2D eigenvalue weighted by molar-refractivity contribution is -0.137. The number of benzene rings is 2. The fourth-order valence-corrected chi connectivity index (χ4v) is 3.98. The zero-order chi connectivity index (χ0) is 21.3. The Hall–Kier alpha value is -3.48. The molecule has 7 nitrogen and oxygen atoms in total. The Labute approximate surface area is 174 Å². The van der Waals surface area contributed by atoms with Gasteiger partial charge in [-0.2, -0.15) is 0 Å². The van der Waals surface area contributed by atoms with Gasteiger partial charge in [0.15, 0.2) is 0 Å². The Kier molecular flexibility index (Phi) is 5.35. The fourth-order valence-electron chi connectivity index (χ4n) is 3.98. The van der Waals surface area contributed by atoms with E-state index in [4.69, 9.17) is 0 Å². The van der Waals surface area contributed by atoms with E-state index in [0.29, 0.717) is 31.5 Å². The molecule has 0 bridgehead atoms. The molecule has 2 aliphatic rings. The van der Waals surface area contributed by atoms with E-state index in [1.54, 1.807) is 6.07 Å². The first-order valence-electron chi connectivity index (χ1n) is 10.00. The maximum absolute atomic E-state index is 12.7. The lowest BCUT2D eigenvalue weighted by Gasteiger charge is -2.29. The zero-order valence-electron chi connectivity index (χ0n) is 16.7. The van der Waals surface area contributed by atoms with Crippen molar-refractivity contribution in [2.24, 2.45) is 0 Å². The molecule has 2 aromatic carbocycles. The molecule has 4 amide bonds. The van der Waals surface area contributed by atoms with Crippen LogP contribution in [0.25, 0.3) is 0 Å². The van der Waals surface area contributed by atoms with Crippen LogP contribution in [0, 0.1) is 6.92 Å². The quantitative estimate of drug-likeness (QED) is 0.739. The topological polar surface area (TPSA) is 95.6 Å². The number of carbonyl (C=O) groups is 4. The summed E-state index contributed by atoms with van der Waals surface area (Å²) in [5.41, 5.74) is 4.36. The zero-order valence-corrected chi connectivity index (χ0v) is 16.7. The summed E-state index contributed by atoms with van der Waals surface area (Å²) in [5, 5.41) is 5.23. The summed E-state index contributed by atoms with van der Waals surface area (Å²) in [5.74, 6) is -0.985. The lowest BCUT2D eigenvalue weighted by atomic mass is 10.0. The van der Waals surface area contributed by atoms with E-state index in [9.17, 15) is 19.2 Å². The standard InChI is InChI=1S/C23H23N3O4/c1-14-4-2-3-5-16(14)11-21(28)24-12-15-6-7-18-17(10-15)13-26(23(18)30)19-8-9-20(27)25-22(19)29/h2-7,10,19H,8-9,11-13H2,1H3,(H,24,28)(H,25,27,29). The molecular formula is C23H23N3O4. The van der Waals surface area contributed by atoms with E-state index >= 15 is 0 Å². The highest BCUT2D eigenvalue weighted by Gasteiger charge is 2.39. The van der Waals surface area contributed by atoms with Gasteiger partial charge in [0.1, 0.15) is 6.04 Å². The minimum absolute atomic E-state index is 0.0638. The van der Waals surface area contributed by atoms with Gasteiger partial charge >= 0.3 is 0 Å². The minimum Gasteiger partial charge on any atom is -0.352 e. The number of carbonyl (C=O) groups excluding carboxylic acids is 4. The number of imide groups is 1. The molecule has 1 fully saturated rings. The van der Waals surface area contributed by atoms with Gasteiger partial charge in [0.2, 0.25) is 17.7 Å². The molecule has 30 heavy (non-hydrogen) atoms. The maximum Gasteiger partial charge on any atom is 0.255 e. The van der Waals surface area contributed by atoms with Gasteiger partial charge in [-0.25, -0.2) is 0 Å². The number of aryl methyl sites for hydroxylation is 1. The lowest BCUT2D eigenvalue weighted by Crippen LogP contribution is -2.52. The molecule has 0 aromatic heterocycles. The summed E-state index contributed by atoms with van der Waals surface area (Å²) < 4.78 is 0. The van der Waals surface area contributed by atoms with Crippen LogP contribution < -0.4 is 10.6 Å². The molecule has 1 atom stereocenters. The average molecular weight is 405 g/mol. The highest BCUT2D eigenvalue weighted by molar-refractivity contribution is 6.05. The van der Waals surface area contributed by atoms with Gasteiger partial charge in [-0.3, -0.25) is 24.5 Å². The van der Waals surface area contributed by atoms with Crippen LogP contribution in [0.15, 0.2) is 42.5 Å². The summed E-state index contributed by atoms with van der Waals surface area (Å²) in [7, 11) is 0. The van der Waals surface area contributed by atoms with Crippen molar-refractivity contribution in [3.63, 3.8) is 0 Å². The first kappa shape index (κ1) is 19.8. The molecule has 7 heteroatoms. The summed E-state index contributed by atoms with van der Waals surface area (Å²) in [6, 6.07) is 12.6. The number of rotatable bonds is 5. The van der Waals surface area contributed by atoms with Gasteiger partial charge in [-0.15, -0.1) is 0 Å². The Morgan fingerprint density at radius 1 is 1.17 bits per heavy atom. The Balaban J connectivity index is 1.39. The van der Waals surface area contributed by atoms with Gasteiger partial charge in [0.05, 0.1) is 6.42 Å². The second kappa shape index (κ2) is 8.10. The fraction of sp³-hybridized carbons (Fsp3) is 0.304. The Bertz CT molecular complexity index is 1050. The molecule has 2 heterocycles. The van der Waals surface area contributed by atoms with E-state index < -0.39 is 11.9 Å². The average Bonchev–Trinajstić information content (AvgIpc) is 3.04. The molecule has 2 aromatic rings. The number of nitrogens with one attached hydrogen (secondary N) is 2. The van der Waals surface area contributed by atoms with Crippen molar-refractivity contribution in [3.05, 3.63) is 70.3 Å². The molecule has 0 radical (unpaired) electrons.